The fraction of sp³-hybridized carbons (Fsp3) is 0.625. The molecule has 1 aromatic rings. The molecule has 0 amide bonds. The molecule has 0 unspecified atom stereocenters. The van der Waals surface area contributed by atoms with Crippen molar-refractivity contribution < 1.29 is 14.3 Å². The van der Waals surface area contributed by atoms with E-state index in [0.29, 0.717) is 19.8 Å². The fourth-order valence-corrected chi connectivity index (χ4v) is 2.75. The number of hydrogen-bond acceptors (Lipinski definition) is 4. The summed E-state index contributed by atoms with van der Waals surface area (Å²) in [4.78, 5) is 16.5. The summed E-state index contributed by atoms with van der Waals surface area (Å²) in [7, 11) is 0. The third-order valence-corrected chi connectivity index (χ3v) is 3.87. The highest BCUT2D eigenvalue weighted by atomic mass is 16.5. The van der Waals surface area contributed by atoms with Crippen LogP contribution in [0.1, 0.15) is 44.7 Å². The lowest BCUT2D eigenvalue weighted by Gasteiger charge is -2.34. The van der Waals surface area contributed by atoms with E-state index in [4.69, 9.17) is 9.47 Å². The summed E-state index contributed by atoms with van der Waals surface area (Å²) < 4.78 is 11.0. The molecule has 0 bridgehead atoms. The van der Waals surface area contributed by atoms with E-state index in [1.807, 2.05) is 25.1 Å². The molecule has 1 aliphatic rings. The van der Waals surface area contributed by atoms with Gasteiger partial charge in [0, 0.05) is 6.20 Å². The number of carbonyl (C=O) groups is 1. The second kappa shape index (κ2) is 7.39. The Kier molecular flexibility index (Phi) is 5.53. The fourth-order valence-electron chi connectivity index (χ4n) is 2.75. The maximum Gasteiger partial charge on any atom is 0.314 e. The maximum absolute atomic E-state index is 12.2. The van der Waals surface area contributed by atoms with Crippen LogP contribution in [0.5, 0.6) is 0 Å². The largest absolute Gasteiger partial charge is 0.465 e. The number of aromatic nitrogens is 1. The van der Waals surface area contributed by atoms with Gasteiger partial charge in [0.1, 0.15) is 0 Å². The van der Waals surface area contributed by atoms with Crippen LogP contribution in [0, 0.1) is 5.41 Å². The normalized spacial score (nSPS) is 17.6. The van der Waals surface area contributed by atoms with E-state index in [1.165, 1.54) is 6.42 Å². The maximum atomic E-state index is 12.2. The molecule has 0 radical (unpaired) electrons. The summed E-state index contributed by atoms with van der Waals surface area (Å²) in [6.45, 7) is 3.16. The zero-order valence-electron chi connectivity index (χ0n) is 12.1. The molecule has 1 aromatic heterocycles. The van der Waals surface area contributed by atoms with Gasteiger partial charge in [-0.1, -0.05) is 25.3 Å². The zero-order chi connectivity index (χ0) is 14.3. The second-order valence-corrected chi connectivity index (χ2v) is 5.38. The van der Waals surface area contributed by atoms with Crippen molar-refractivity contribution in [1.29, 1.82) is 0 Å². The molecule has 0 aromatic carbocycles. The third-order valence-electron chi connectivity index (χ3n) is 3.87. The molecule has 4 nitrogen and oxygen atoms in total. The quantitative estimate of drug-likeness (QED) is 0.750. The Morgan fingerprint density at radius 2 is 2.10 bits per heavy atom. The van der Waals surface area contributed by atoms with Gasteiger partial charge in [0.15, 0.2) is 0 Å². The number of ether oxygens (including phenoxy) is 2. The van der Waals surface area contributed by atoms with Crippen LogP contribution < -0.4 is 0 Å². The first-order valence-corrected chi connectivity index (χ1v) is 7.42. The van der Waals surface area contributed by atoms with E-state index in [2.05, 4.69) is 4.98 Å². The van der Waals surface area contributed by atoms with E-state index in [1.54, 1.807) is 6.20 Å². The minimum Gasteiger partial charge on any atom is -0.465 e. The molecule has 1 fully saturated rings. The van der Waals surface area contributed by atoms with E-state index >= 15 is 0 Å². The number of esters is 1. The highest BCUT2D eigenvalue weighted by molar-refractivity contribution is 5.77. The molecule has 0 spiro atoms. The van der Waals surface area contributed by atoms with Crippen LogP contribution in [-0.4, -0.2) is 24.2 Å². The lowest BCUT2D eigenvalue weighted by Crippen LogP contribution is -2.39. The van der Waals surface area contributed by atoms with Gasteiger partial charge in [0.05, 0.1) is 30.9 Å². The van der Waals surface area contributed by atoms with Crippen LogP contribution in [-0.2, 0) is 20.9 Å². The Balaban J connectivity index is 1.92. The van der Waals surface area contributed by atoms with Gasteiger partial charge in [0.2, 0.25) is 0 Å². The van der Waals surface area contributed by atoms with Crippen LogP contribution in [0.2, 0.25) is 0 Å². The Morgan fingerprint density at radius 1 is 1.30 bits per heavy atom. The summed E-state index contributed by atoms with van der Waals surface area (Å²) in [6, 6.07) is 5.75. The molecule has 1 aliphatic carbocycles. The van der Waals surface area contributed by atoms with Gasteiger partial charge in [-0.15, -0.1) is 0 Å². The predicted molar refractivity (Wildman–Crippen MR) is 76.0 cm³/mol. The van der Waals surface area contributed by atoms with Gasteiger partial charge in [-0.2, -0.15) is 0 Å². The van der Waals surface area contributed by atoms with Gasteiger partial charge < -0.3 is 9.47 Å². The van der Waals surface area contributed by atoms with E-state index in [0.717, 1.165) is 31.4 Å². The highest BCUT2D eigenvalue weighted by Gasteiger charge is 2.41. The first-order valence-electron chi connectivity index (χ1n) is 7.42. The molecule has 110 valence electrons. The Hall–Kier alpha value is -1.42. The molecule has 4 heteroatoms. The summed E-state index contributed by atoms with van der Waals surface area (Å²) in [6.07, 6.45) is 6.83. The van der Waals surface area contributed by atoms with Gasteiger partial charge in [-0.25, -0.2) is 0 Å². The molecular weight excluding hydrogens is 254 g/mol. The number of carbonyl (C=O) groups excluding carboxylic acids is 1. The van der Waals surface area contributed by atoms with Crippen molar-refractivity contribution in [1.82, 2.24) is 4.98 Å². The predicted octanol–water partition coefficient (Wildman–Crippen LogP) is 3.11. The Morgan fingerprint density at radius 3 is 2.75 bits per heavy atom. The van der Waals surface area contributed by atoms with Crippen molar-refractivity contribution in [3.05, 3.63) is 30.1 Å². The topological polar surface area (TPSA) is 48.4 Å². The van der Waals surface area contributed by atoms with Gasteiger partial charge in [-0.3, -0.25) is 9.78 Å². The van der Waals surface area contributed by atoms with E-state index in [-0.39, 0.29) is 5.97 Å². The lowest BCUT2D eigenvalue weighted by molar-refractivity contribution is -0.162. The molecular formula is C16H23NO3. The molecule has 1 saturated carbocycles. The number of rotatable bonds is 6. The van der Waals surface area contributed by atoms with Crippen molar-refractivity contribution >= 4 is 5.97 Å². The number of pyridine rings is 1. The monoisotopic (exact) mass is 277 g/mol. The summed E-state index contributed by atoms with van der Waals surface area (Å²) in [5, 5.41) is 0. The van der Waals surface area contributed by atoms with Crippen LogP contribution in [0.3, 0.4) is 0 Å². The van der Waals surface area contributed by atoms with Crippen molar-refractivity contribution in [3.63, 3.8) is 0 Å². The van der Waals surface area contributed by atoms with Crippen molar-refractivity contribution in [3.8, 4) is 0 Å². The summed E-state index contributed by atoms with van der Waals surface area (Å²) in [5.74, 6) is -0.0966. The molecule has 0 N–H and O–H groups in total. The minimum absolute atomic E-state index is 0.0966. The molecule has 1 heterocycles. The van der Waals surface area contributed by atoms with E-state index < -0.39 is 5.41 Å². The average Bonchev–Trinajstić information content (AvgIpc) is 2.49. The van der Waals surface area contributed by atoms with Crippen molar-refractivity contribution in [2.75, 3.05) is 13.2 Å². The summed E-state index contributed by atoms with van der Waals surface area (Å²) >= 11 is 0. The van der Waals surface area contributed by atoms with Crippen LogP contribution >= 0.6 is 0 Å². The van der Waals surface area contributed by atoms with Crippen molar-refractivity contribution in [2.45, 2.75) is 45.6 Å². The third kappa shape index (κ3) is 3.79. The number of nitrogens with zero attached hydrogens (tertiary/aromatic N) is 1. The molecule has 2 rings (SSSR count). The smallest absolute Gasteiger partial charge is 0.314 e. The Labute approximate surface area is 120 Å². The van der Waals surface area contributed by atoms with Crippen LogP contribution in [0.15, 0.2) is 24.4 Å². The molecule has 0 saturated heterocycles. The molecule has 0 atom stereocenters. The van der Waals surface area contributed by atoms with Crippen molar-refractivity contribution in [2.24, 2.45) is 5.41 Å². The van der Waals surface area contributed by atoms with Crippen LogP contribution in [0.4, 0.5) is 0 Å². The van der Waals surface area contributed by atoms with Crippen LogP contribution in [0.25, 0.3) is 0 Å². The lowest BCUT2D eigenvalue weighted by atomic mass is 9.74. The first kappa shape index (κ1) is 15.0. The Bertz CT molecular complexity index is 413. The minimum atomic E-state index is -0.441. The second-order valence-electron chi connectivity index (χ2n) is 5.38. The van der Waals surface area contributed by atoms with Gasteiger partial charge in [0.25, 0.3) is 0 Å². The van der Waals surface area contributed by atoms with E-state index in [9.17, 15) is 4.79 Å². The average molecular weight is 277 g/mol. The molecule has 0 aliphatic heterocycles. The SMILES string of the molecule is CCOC(=O)C1(COCc2ccccn2)CCCCC1. The zero-order valence-corrected chi connectivity index (χ0v) is 12.1. The summed E-state index contributed by atoms with van der Waals surface area (Å²) in [5.41, 5.74) is 0.450. The van der Waals surface area contributed by atoms with Gasteiger partial charge >= 0.3 is 5.97 Å². The molecule has 20 heavy (non-hydrogen) atoms. The highest BCUT2D eigenvalue weighted by Crippen LogP contribution is 2.38. The first-order chi connectivity index (χ1) is 9.77. The number of hydrogen-bond donors (Lipinski definition) is 0. The standard InChI is InChI=1S/C16H23NO3/c1-2-20-15(18)16(9-5-3-6-10-16)13-19-12-14-8-4-7-11-17-14/h4,7-8,11H,2-3,5-6,9-10,12-13H2,1H3. The van der Waals surface area contributed by atoms with Gasteiger partial charge in [-0.05, 0) is 31.9 Å².